The number of carbonyl (C=O) groups excluding carboxylic acids is 1. The highest BCUT2D eigenvalue weighted by atomic mass is 16.2. The minimum absolute atomic E-state index is 0.0170. The van der Waals surface area contributed by atoms with Gasteiger partial charge in [-0.05, 0) is 26.0 Å². The van der Waals surface area contributed by atoms with E-state index in [1.54, 1.807) is 0 Å². The molecule has 2 aromatic heterocycles. The van der Waals surface area contributed by atoms with Crippen LogP contribution in [0.2, 0.25) is 0 Å². The lowest BCUT2D eigenvalue weighted by Gasteiger charge is -2.19. The molecule has 0 saturated heterocycles. The number of nitrogens with zero attached hydrogens (tertiary/aromatic N) is 3. The van der Waals surface area contributed by atoms with Crippen molar-refractivity contribution in [1.82, 2.24) is 14.5 Å². The van der Waals surface area contributed by atoms with Crippen LogP contribution in [0.5, 0.6) is 0 Å². The molecule has 2 heterocycles. The number of aromatic amines is 1. The number of hydrogen-bond donors (Lipinski definition) is 1. The number of nitrogens with one attached hydrogen (secondary N) is 1. The van der Waals surface area contributed by atoms with Crippen molar-refractivity contribution >= 4 is 27.7 Å². The third-order valence-corrected chi connectivity index (χ3v) is 5.68. The monoisotopic (exact) mass is 384 g/mol. The van der Waals surface area contributed by atoms with E-state index in [0.717, 1.165) is 38.8 Å². The van der Waals surface area contributed by atoms with Crippen molar-refractivity contribution in [3.63, 3.8) is 0 Å². The molecule has 4 aromatic rings. The maximum Gasteiger partial charge on any atom is 0.256 e. The van der Waals surface area contributed by atoms with Crippen molar-refractivity contribution in [1.29, 1.82) is 5.26 Å². The average molecular weight is 384 g/mol. The van der Waals surface area contributed by atoms with E-state index >= 15 is 0 Å². The number of aromatic nitrogens is 2. The van der Waals surface area contributed by atoms with Crippen LogP contribution in [0, 0.1) is 11.3 Å². The maximum atomic E-state index is 13.5. The van der Waals surface area contributed by atoms with Crippen molar-refractivity contribution in [2.24, 2.45) is 7.05 Å². The molecule has 5 nitrogen and oxygen atoms in total. The number of fused-ring (bicyclic) bond motifs is 2. The lowest BCUT2D eigenvalue weighted by molar-refractivity contribution is 0.0775. The summed E-state index contributed by atoms with van der Waals surface area (Å²) in [5, 5.41) is 11.4. The molecule has 0 unspecified atom stereocenters. The summed E-state index contributed by atoms with van der Waals surface area (Å²) in [7, 11) is 1.98. The molecule has 0 atom stereocenters. The molecule has 0 fully saturated rings. The predicted octanol–water partition coefficient (Wildman–Crippen LogP) is 4.87. The van der Waals surface area contributed by atoms with E-state index in [2.05, 4.69) is 15.6 Å². The number of para-hydroxylation sites is 2. The Balaban J connectivity index is 2.10. The lowest BCUT2D eigenvalue weighted by atomic mass is 10.0. The highest BCUT2D eigenvalue weighted by Gasteiger charge is 2.27. The Morgan fingerprint density at radius 3 is 2.41 bits per heavy atom. The molecule has 0 spiro atoms. The molecule has 0 aliphatic carbocycles. The molecule has 29 heavy (non-hydrogen) atoms. The van der Waals surface area contributed by atoms with Crippen LogP contribution in [0.25, 0.3) is 33.2 Å². The largest absolute Gasteiger partial charge is 0.353 e. The standard InChI is InChI=1S/C24H24N4O/c1-4-28(5-2)24(29)21-18-11-7-9-13-20(18)27(3)23(21)22-17(14-15-25)16-10-6-8-12-19(16)26-22/h6-13,26H,4-5,14H2,1-3H3. The van der Waals surface area contributed by atoms with E-state index in [4.69, 9.17) is 0 Å². The summed E-state index contributed by atoms with van der Waals surface area (Å²) in [6.45, 7) is 5.29. The van der Waals surface area contributed by atoms with Gasteiger partial charge in [-0.1, -0.05) is 36.4 Å². The third-order valence-electron chi connectivity index (χ3n) is 5.68. The molecule has 4 rings (SSSR count). The quantitative estimate of drug-likeness (QED) is 0.533. The number of carbonyl (C=O) groups is 1. The van der Waals surface area contributed by atoms with Crippen molar-refractivity contribution in [2.75, 3.05) is 13.1 Å². The Morgan fingerprint density at radius 1 is 1.07 bits per heavy atom. The number of hydrogen-bond acceptors (Lipinski definition) is 2. The fraction of sp³-hybridized carbons (Fsp3) is 0.250. The van der Waals surface area contributed by atoms with Gasteiger partial charge in [0.25, 0.3) is 5.91 Å². The minimum atomic E-state index is 0.0170. The normalized spacial score (nSPS) is 11.1. The van der Waals surface area contributed by atoms with Gasteiger partial charge in [0, 0.05) is 47.5 Å². The van der Waals surface area contributed by atoms with Gasteiger partial charge in [-0.25, -0.2) is 0 Å². The van der Waals surface area contributed by atoms with Crippen molar-refractivity contribution < 1.29 is 4.79 Å². The van der Waals surface area contributed by atoms with E-state index in [1.165, 1.54) is 0 Å². The Labute approximate surface area is 170 Å². The summed E-state index contributed by atoms with van der Waals surface area (Å²) in [5.74, 6) is 0.0170. The molecule has 5 heteroatoms. The van der Waals surface area contributed by atoms with Gasteiger partial charge in [-0.2, -0.15) is 5.26 Å². The highest BCUT2D eigenvalue weighted by Crippen LogP contribution is 2.38. The molecule has 0 radical (unpaired) electrons. The van der Waals surface area contributed by atoms with Gasteiger partial charge in [0.2, 0.25) is 0 Å². The van der Waals surface area contributed by atoms with Crippen LogP contribution in [0.3, 0.4) is 0 Å². The minimum Gasteiger partial charge on any atom is -0.353 e. The first kappa shape index (κ1) is 18.8. The van der Waals surface area contributed by atoms with Crippen LogP contribution in [-0.4, -0.2) is 33.4 Å². The van der Waals surface area contributed by atoms with E-state index in [-0.39, 0.29) is 12.3 Å². The Kier molecular flexibility index (Phi) is 4.85. The maximum absolute atomic E-state index is 13.5. The average Bonchev–Trinajstić information content (AvgIpc) is 3.24. The Morgan fingerprint density at radius 2 is 1.72 bits per heavy atom. The molecular formula is C24H24N4O. The fourth-order valence-corrected chi connectivity index (χ4v) is 4.24. The molecular weight excluding hydrogens is 360 g/mol. The SMILES string of the molecule is CCN(CC)C(=O)c1c(-c2[nH]c3ccccc3c2CC#N)n(C)c2ccccc12. The van der Waals surface area contributed by atoms with Crippen molar-refractivity contribution in [2.45, 2.75) is 20.3 Å². The summed E-state index contributed by atoms with van der Waals surface area (Å²) in [5.41, 5.74) is 5.28. The number of H-pyrrole nitrogens is 1. The Bertz CT molecular complexity index is 1250. The fourth-order valence-electron chi connectivity index (χ4n) is 4.24. The van der Waals surface area contributed by atoms with Gasteiger partial charge in [-0.3, -0.25) is 4.79 Å². The zero-order chi connectivity index (χ0) is 20.5. The van der Waals surface area contributed by atoms with Gasteiger partial charge in [0.15, 0.2) is 0 Å². The molecule has 1 amide bonds. The topological polar surface area (TPSA) is 64.8 Å². The Hall–Kier alpha value is -3.52. The summed E-state index contributed by atoms with van der Waals surface area (Å²) in [6.07, 6.45) is 0.278. The van der Waals surface area contributed by atoms with Crippen LogP contribution >= 0.6 is 0 Å². The molecule has 2 aromatic carbocycles. The van der Waals surface area contributed by atoms with Gasteiger partial charge in [-0.15, -0.1) is 0 Å². The van der Waals surface area contributed by atoms with Gasteiger partial charge < -0.3 is 14.5 Å². The number of benzene rings is 2. The van der Waals surface area contributed by atoms with Gasteiger partial charge in [0.05, 0.1) is 29.4 Å². The molecule has 0 saturated carbocycles. The van der Waals surface area contributed by atoms with E-state index in [0.29, 0.717) is 18.7 Å². The van der Waals surface area contributed by atoms with Crippen LogP contribution in [-0.2, 0) is 13.5 Å². The van der Waals surface area contributed by atoms with E-state index in [1.807, 2.05) is 74.3 Å². The smallest absolute Gasteiger partial charge is 0.256 e. The second-order valence-electron chi connectivity index (χ2n) is 7.14. The predicted molar refractivity (Wildman–Crippen MR) is 117 cm³/mol. The zero-order valence-corrected chi connectivity index (χ0v) is 17.0. The lowest BCUT2D eigenvalue weighted by Crippen LogP contribution is -2.30. The van der Waals surface area contributed by atoms with Crippen LogP contribution in [0.15, 0.2) is 48.5 Å². The molecule has 0 aliphatic heterocycles. The van der Waals surface area contributed by atoms with Crippen LogP contribution in [0.1, 0.15) is 29.8 Å². The van der Waals surface area contributed by atoms with Crippen LogP contribution < -0.4 is 0 Å². The second kappa shape index (κ2) is 7.48. The van der Waals surface area contributed by atoms with E-state index < -0.39 is 0 Å². The molecule has 146 valence electrons. The molecule has 0 aliphatic rings. The molecule has 0 bridgehead atoms. The van der Waals surface area contributed by atoms with Crippen molar-refractivity contribution in [3.8, 4) is 17.5 Å². The summed E-state index contributed by atoms with van der Waals surface area (Å²) >= 11 is 0. The first-order valence-corrected chi connectivity index (χ1v) is 9.95. The number of aryl methyl sites for hydroxylation is 1. The number of amides is 1. The first-order valence-electron chi connectivity index (χ1n) is 9.95. The summed E-state index contributed by atoms with van der Waals surface area (Å²) in [4.78, 5) is 18.9. The third kappa shape index (κ3) is 2.89. The first-order chi connectivity index (χ1) is 14.1. The second-order valence-corrected chi connectivity index (χ2v) is 7.14. The number of rotatable bonds is 5. The van der Waals surface area contributed by atoms with Gasteiger partial charge in [0.1, 0.15) is 0 Å². The van der Waals surface area contributed by atoms with Crippen LogP contribution in [0.4, 0.5) is 0 Å². The summed E-state index contributed by atoms with van der Waals surface area (Å²) < 4.78 is 2.07. The number of nitriles is 1. The van der Waals surface area contributed by atoms with Crippen molar-refractivity contribution in [3.05, 3.63) is 59.7 Å². The zero-order valence-electron chi connectivity index (χ0n) is 17.0. The van der Waals surface area contributed by atoms with Gasteiger partial charge >= 0.3 is 0 Å². The summed E-state index contributed by atoms with van der Waals surface area (Å²) in [6, 6.07) is 18.3. The highest BCUT2D eigenvalue weighted by molar-refractivity contribution is 6.13. The molecule has 1 N–H and O–H groups in total. The van der Waals surface area contributed by atoms with E-state index in [9.17, 15) is 10.1 Å².